The zero-order valence-electron chi connectivity index (χ0n) is 8.66. The summed E-state index contributed by atoms with van der Waals surface area (Å²) in [6.07, 6.45) is 6.89. The van der Waals surface area contributed by atoms with E-state index in [1.807, 2.05) is 32.1 Å². The van der Waals surface area contributed by atoms with Gasteiger partial charge in [-0.2, -0.15) is 0 Å². The highest BCUT2D eigenvalue weighted by atomic mass is 16.1. The smallest absolute Gasteiger partial charge is 0.158 e. The molecule has 74 valence electrons. The molecule has 0 amide bonds. The lowest BCUT2D eigenvalue weighted by Gasteiger charge is -1.98. The first-order valence-corrected chi connectivity index (χ1v) is 4.85. The van der Waals surface area contributed by atoms with Gasteiger partial charge in [-0.25, -0.2) is 0 Å². The normalized spacial score (nSPS) is 11.4. The predicted octanol–water partition coefficient (Wildman–Crippen LogP) is 2.85. The van der Waals surface area contributed by atoms with Gasteiger partial charge in [-0.05, 0) is 42.7 Å². The Labute approximate surface area is 84.7 Å². The van der Waals surface area contributed by atoms with E-state index in [4.69, 9.17) is 0 Å². The van der Waals surface area contributed by atoms with E-state index in [0.717, 1.165) is 17.6 Å². The van der Waals surface area contributed by atoms with Gasteiger partial charge in [0.25, 0.3) is 0 Å². The Balaban J connectivity index is 2.74. The van der Waals surface area contributed by atoms with E-state index in [9.17, 15) is 4.79 Å². The van der Waals surface area contributed by atoms with E-state index >= 15 is 0 Å². The second-order valence-electron chi connectivity index (χ2n) is 3.28. The molecule has 1 aromatic heterocycles. The molecule has 0 fully saturated rings. The number of rotatable bonds is 4. The molecule has 14 heavy (non-hydrogen) atoms. The van der Waals surface area contributed by atoms with E-state index in [0.29, 0.717) is 6.42 Å². The molecule has 0 N–H and O–H groups in total. The number of carbonyl (C=O) groups excluding carboxylic acids is 1. The Morgan fingerprint density at radius 1 is 1.43 bits per heavy atom. The van der Waals surface area contributed by atoms with Gasteiger partial charge < -0.3 is 0 Å². The van der Waals surface area contributed by atoms with Crippen molar-refractivity contribution < 1.29 is 4.79 Å². The maximum atomic E-state index is 11.5. The molecular weight excluding hydrogens is 174 g/mol. The van der Waals surface area contributed by atoms with Crippen molar-refractivity contribution in [3.63, 3.8) is 0 Å². The highest BCUT2D eigenvalue weighted by Gasteiger charge is 2.01. The minimum Gasteiger partial charge on any atom is -0.295 e. The van der Waals surface area contributed by atoms with Crippen LogP contribution in [-0.4, -0.2) is 10.8 Å². The third-order valence-electron chi connectivity index (χ3n) is 2.01. The van der Waals surface area contributed by atoms with Gasteiger partial charge in [0.05, 0.1) is 0 Å². The number of hydrogen-bond acceptors (Lipinski definition) is 2. The van der Waals surface area contributed by atoms with E-state index < -0.39 is 0 Å². The quantitative estimate of drug-likeness (QED) is 0.682. The lowest BCUT2D eigenvalue weighted by atomic mass is 10.1. The number of allylic oxidation sites excluding steroid dienone is 1. The molecule has 0 aromatic carbocycles. The molecule has 0 spiro atoms. The summed E-state index contributed by atoms with van der Waals surface area (Å²) in [6, 6.07) is 3.78. The van der Waals surface area contributed by atoms with E-state index in [2.05, 4.69) is 4.98 Å². The molecule has 0 unspecified atom stereocenters. The van der Waals surface area contributed by atoms with Crippen LogP contribution in [0.5, 0.6) is 0 Å². The zero-order valence-corrected chi connectivity index (χ0v) is 8.66. The second kappa shape index (κ2) is 5.32. The van der Waals surface area contributed by atoms with Crippen molar-refractivity contribution in [2.45, 2.75) is 26.7 Å². The SMILES string of the molecule is CCCC(=O)C(C)=Cc1ccncc1. The van der Waals surface area contributed by atoms with Crippen LogP contribution < -0.4 is 0 Å². The number of aromatic nitrogens is 1. The number of carbonyl (C=O) groups is 1. The Bertz CT molecular complexity index is 327. The molecule has 0 saturated heterocycles. The summed E-state index contributed by atoms with van der Waals surface area (Å²) in [5, 5.41) is 0. The van der Waals surface area contributed by atoms with Crippen molar-refractivity contribution in [3.8, 4) is 0 Å². The van der Waals surface area contributed by atoms with Gasteiger partial charge >= 0.3 is 0 Å². The molecule has 0 aliphatic heterocycles. The van der Waals surface area contributed by atoms with Gasteiger partial charge in [-0.3, -0.25) is 9.78 Å². The minimum absolute atomic E-state index is 0.226. The van der Waals surface area contributed by atoms with Crippen LogP contribution in [-0.2, 0) is 4.79 Å². The fraction of sp³-hybridized carbons (Fsp3) is 0.333. The molecule has 1 heterocycles. The number of pyridine rings is 1. The zero-order chi connectivity index (χ0) is 10.4. The fourth-order valence-electron chi connectivity index (χ4n) is 1.21. The van der Waals surface area contributed by atoms with Crippen molar-refractivity contribution in [2.24, 2.45) is 0 Å². The van der Waals surface area contributed by atoms with Crippen LogP contribution >= 0.6 is 0 Å². The van der Waals surface area contributed by atoms with Crippen LogP contribution in [0.1, 0.15) is 32.3 Å². The van der Waals surface area contributed by atoms with E-state index in [1.165, 1.54) is 0 Å². The van der Waals surface area contributed by atoms with Crippen LogP contribution in [0.15, 0.2) is 30.1 Å². The van der Waals surface area contributed by atoms with Crippen LogP contribution in [0.25, 0.3) is 6.08 Å². The Morgan fingerprint density at radius 3 is 2.64 bits per heavy atom. The summed E-state index contributed by atoms with van der Waals surface area (Å²) in [5.41, 5.74) is 1.85. The van der Waals surface area contributed by atoms with Gasteiger partial charge in [0.2, 0.25) is 0 Å². The van der Waals surface area contributed by atoms with E-state index in [-0.39, 0.29) is 5.78 Å². The van der Waals surface area contributed by atoms with Crippen molar-refractivity contribution in [2.75, 3.05) is 0 Å². The summed E-state index contributed by atoms with van der Waals surface area (Å²) in [5.74, 6) is 0.226. The molecule has 0 atom stereocenters. The van der Waals surface area contributed by atoms with E-state index in [1.54, 1.807) is 12.4 Å². The third kappa shape index (κ3) is 3.13. The van der Waals surface area contributed by atoms with Gasteiger partial charge in [0, 0.05) is 18.8 Å². The van der Waals surface area contributed by atoms with Crippen molar-refractivity contribution in [1.29, 1.82) is 0 Å². The summed E-state index contributed by atoms with van der Waals surface area (Å²) >= 11 is 0. The molecule has 0 aliphatic rings. The molecule has 0 saturated carbocycles. The Morgan fingerprint density at radius 2 is 2.07 bits per heavy atom. The lowest BCUT2D eigenvalue weighted by Crippen LogP contribution is -1.97. The largest absolute Gasteiger partial charge is 0.295 e. The summed E-state index contributed by atoms with van der Waals surface area (Å²) in [7, 11) is 0. The van der Waals surface area contributed by atoms with Crippen molar-refractivity contribution in [3.05, 3.63) is 35.7 Å². The second-order valence-corrected chi connectivity index (χ2v) is 3.28. The molecule has 0 radical (unpaired) electrons. The third-order valence-corrected chi connectivity index (χ3v) is 2.01. The minimum atomic E-state index is 0.226. The van der Waals surface area contributed by atoms with Crippen LogP contribution in [0.4, 0.5) is 0 Å². The summed E-state index contributed by atoms with van der Waals surface area (Å²) in [4.78, 5) is 15.4. The number of hydrogen-bond donors (Lipinski definition) is 0. The first-order chi connectivity index (χ1) is 6.74. The fourth-order valence-corrected chi connectivity index (χ4v) is 1.21. The average molecular weight is 189 g/mol. The standard InChI is InChI=1S/C12H15NO/c1-3-4-12(14)10(2)9-11-5-7-13-8-6-11/h5-9H,3-4H2,1-2H3. The van der Waals surface area contributed by atoms with Crippen LogP contribution in [0.3, 0.4) is 0 Å². The Kier molecular flexibility index (Phi) is 4.05. The first-order valence-electron chi connectivity index (χ1n) is 4.85. The van der Waals surface area contributed by atoms with Crippen LogP contribution in [0, 0.1) is 0 Å². The molecular formula is C12H15NO. The van der Waals surface area contributed by atoms with Gasteiger partial charge in [-0.15, -0.1) is 0 Å². The van der Waals surface area contributed by atoms with Gasteiger partial charge in [-0.1, -0.05) is 6.92 Å². The Hall–Kier alpha value is -1.44. The number of Topliss-reactive ketones (excluding diaryl/α,β-unsaturated/α-hetero) is 1. The number of ketones is 1. The topological polar surface area (TPSA) is 30.0 Å². The maximum absolute atomic E-state index is 11.5. The molecule has 1 aromatic rings. The van der Waals surface area contributed by atoms with Crippen molar-refractivity contribution in [1.82, 2.24) is 4.98 Å². The molecule has 0 bridgehead atoms. The molecule has 0 aliphatic carbocycles. The van der Waals surface area contributed by atoms with Crippen molar-refractivity contribution >= 4 is 11.9 Å². The summed E-state index contributed by atoms with van der Waals surface area (Å²) < 4.78 is 0. The molecule has 1 rings (SSSR count). The van der Waals surface area contributed by atoms with Crippen LogP contribution in [0.2, 0.25) is 0 Å². The number of nitrogens with zero attached hydrogens (tertiary/aromatic N) is 1. The lowest BCUT2D eigenvalue weighted by molar-refractivity contribution is -0.115. The highest BCUT2D eigenvalue weighted by Crippen LogP contribution is 2.08. The maximum Gasteiger partial charge on any atom is 0.158 e. The van der Waals surface area contributed by atoms with Gasteiger partial charge in [0.15, 0.2) is 5.78 Å². The monoisotopic (exact) mass is 189 g/mol. The highest BCUT2D eigenvalue weighted by molar-refractivity contribution is 5.98. The first kappa shape index (κ1) is 10.6. The van der Waals surface area contributed by atoms with Gasteiger partial charge in [0.1, 0.15) is 0 Å². The summed E-state index contributed by atoms with van der Waals surface area (Å²) in [6.45, 7) is 3.87. The predicted molar refractivity (Wildman–Crippen MR) is 57.8 cm³/mol. The molecule has 2 heteroatoms. The average Bonchev–Trinajstić information content (AvgIpc) is 2.19. The molecule has 2 nitrogen and oxygen atoms in total.